The highest BCUT2D eigenvalue weighted by Crippen LogP contribution is 2.31. The summed E-state index contributed by atoms with van der Waals surface area (Å²) in [4.78, 5) is 13.8. The molecule has 0 saturated heterocycles. The van der Waals surface area contributed by atoms with E-state index in [9.17, 15) is 13.2 Å². The first-order valence-electron chi connectivity index (χ1n) is 6.72. The molecule has 1 rings (SSSR count). The summed E-state index contributed by atoms with van der Waals surface area (Å²) >= 11 is 0. The predicted octanol–water partition coefficient (Wildman–Crippen LogP) is 2.38. The number of hydrogen-bond acceptors (Lipinski definition) is 3. The van der Waals surface area contributed by atoms with Gasteiger partial charge in [-0.3, -0.25) is 0 Å². The number of carbonyl (C=O) groups is 1. The van der Waals surface area contributed by atoms with E-state index in [2.05, 4.69) is 4.98 Å². The van der Waals surface area contributed by atoms with E-state index in [4.69, 9.17) is 5.11 Å². The highest BCUT2D eigenvalue weighted by molar-refractivity contribution is 7.89. The van der Waals surface area contributed by atoms with Crippen molar-refractivity contribution in [3.05, 3.63) is 17.0 Å². The van der Waals surface area contributed by atoms with E-state index in [-0.39, 0.29) is 27.6 Å². The second-order valence-corrected chi connectivity index (χ2v) is 8.38. The topological polar surface area (TPSA) is 90.5 Å². The van der Waals surface area contributed by atoms with Crippen LogP contribution in [0.4, 0.5) is 0 Å². The van der Waals surface area contributed by atoms with Gasteiger partial charge >= 0.3 is 5.97 Å². The minimum Gasteiger partial charge on any atom is -0.477 e. The van der Waals surface area contributed by atoms with Crippen LogP contribution in [0.3, 0.4) is 0 Å². The van der Waals surface area contributed by atoms with Gasteiger partial charge < -0.3 is 10.1 Å². The molecular formula is C14H24N2O4S. The fourth-order valence-electron chi connectivity index (χ4n) is 2.23. The molecule has 1 atom stereocenters. The Hall–Kier alpha value is -1.34. The fraction of sp³-hybridized carbons (Fsp3) is 0.643. The molecule has 6 nitrogen and oxygen atoms in total. The van der Waals surface area contributed by atoms with Crippen molar-refractivity contribution in [2.75, 3.05) is 7.05 Å². The molecule has 0 amide bonds. The van der Waals surface area contributed by atoms with Crippen molar-refractivity contribution in [1.29, 1.82) is 0 Å². The molecule has 0 aromatic carbocycles. The molecule has 0 spiro atoms. The monoisotopic (exact) mass is 316 g/mol. The minimum absolute atomic E-state index is 0.0542. The second kappa shape index (κ2) is 5.46. The molecule has 2 N–H and O–H groups in total. The summed E-state index contributed by atoms with van der Waals surface area (Å²) in [6, 6.07) is -0.232. The molecule has 1 unspecified atom stereocenters. The molecule has 0 bridgehead atoms. The number of aromatic amines is 1. The summed E-state index contributed by atoms with van der Waals surface area (Å²) in [5.74, 6) is -1.16. The minimum atomic E-state index is -3.76. The van der Waals surface area contributed by atoms with Gasteiger partial charge in [0.15, 0.2) is 0 Å². The molecule has 0 radical (unpaired) electrons. The zero-order valence-corrected chi connectivity index (χ0v) is 14.4. The van der Waals surface area contributed by atoms with Gasteiger partial charge in [-0.15, -0.1) is 0 Å². The highest BCUT2D eigenvalue weighted by Gasteiger charge is 2.36. The maximum atomic E-state index is 12.8. The molecule has 120 valence electrons. The lowest BCUT2D eigenvalue weighted by Crippen LogP contribution is -2.43. The van der Waals surface area contributed by atoms with Gasteiger partial charge in [-0.1, -0.05) is 20.8 Å². The summed E-state index contributed by atoms with van der Waals surface area (Å²) in [6.07, 6.45) is 0. The Labute approximate surface area is 126 Å². The number of nitrogens with zero attached hydrogens (tertiary/aromatic N) is 1. The maximum Gasteiger partial charge on any atom is 0.352 e. The first-order valence-corrected chi connectivity index (χ1v) is 8.16. The van der Waals surface area contributed by atoms with Crippen molar-refractivity contribution < 1.29 is 18.3 Å². The van der Waals surface area contributed by atoms with E-state index < -0.39 is 16.0 Å². The van der Waals surface area contributed by atoms with E-state index in [1.54, 1.807) is 6.92 Å². The SMILES string of the molecule is Cc1[nH]c(C(=O)O)c(C)c1S(=O)(=O)N(C)C(C)C(C)(C)C. The molecular weight excluding hydrogens is 292 g/mol. The van der Waals surface area contributed by atoms with Gasteiger partial charge in [0, 0.05) is 24.3 Å². The molecule has 7 heteroatoms. The lowest BCUT2D eigenvalue weighted by atomic mass is 9.88. The van der Waals surface area contributed by atoms with Crippen LogP contribution in [-0.2, 0) is 10.0 Å². The zero-order chi connectivity index (χ0) is 16.7. The molecule has 0 aliphatic heterocycles. The van der Waals surface area contributed by atoms with Gasteiger partial charge in [0.2, 0.25) is 10.0 Å². The van der Waals surface area contributed by atoms with Gasteiger partial charge in [0.25, 0.3) is 0 Å². The third-order valence-corrected chi connectivity index (χ3v) is 6.22. The van der Waals surface area contributed by atoms with E-state index >= 15 is 0 Å². The van der Waals surface area contributed by atoms with Crippen molar-refractivity contribution in [1.82, 2.24) is 9.29 Å². The smallest absolute Gasteiger partial charge is 0.352 e. The van der Waals surface area contributed by atoms with Crippen LogP contribution in [0, 0.1) is 19.3 Å². The summed E-state index contributed by atoms with van der Waals surface area (Å²) in [5, 5.41) is 9.11. The third-order valence-electron chi connectivity index (χ3n) is 4.02. The maximum absolute atomic E-state index is 12.8. The van der Waals surface area contributed by atoms with E-state index in [0.717, 1.165) is 0 Å². The van der Waals surface area contributed by atoms with Gasteiger partial charge in [0.05, 0.1) is 0 Å². The highest BCUT2D eigenvalue weighted by atomic mass is 32.2. The van der Waals surface area contributed by atoms with E-state index in [0.29, 0.717) is 5.69 Å². The van der Waals surface area contributed by atoms with Crippen molar-refractivity contribution in [3.8, 4) is 0 Å². The first-order chi connectivity index (χ1) is 9.31. The number of rotatable bonds is 4. The Morgan fingerprint density at radius 1 is 1.29 bits per heavy atom. The molecule has 21 heavy (non-hydrogen) atoms. The molecule has 1 heterocycles. The molecule has 0 aliphatic rings. The number of sulfonamides is 1. The largest absolute Gasteiger partial charge is 0.477 e. The number of aryl methyl sites for hydroxylation is 1. The third kappa shape index (κ3) is 3.13. The standard InChI is InChI=1S/C14H24N2O4S/c1-8-11(13(17)18)15-9(2)12(8)21(19,20)16(7)10(3)14(4,5)6/h10,15H,1-7H3,(H,17,18). The van der Waals surface area contributed by atoms with Crippen molar-refractivity contribution in [2.24, 2.45) is 5.41 Å². The summed E-state index contributed by atoms with van der Waals surface area (Å²) in [5.41, 5.74) is 0.281. The van der Waals surface area contributed by atoms with Crippen molar-refractivity contribution in [3.63, 3.8) is 0 Å². The van der Waals surface area contributed by atoms with Crippen molar-refractivity contribution >= 4 is 16.0 Å². The Balaban J connectivity index is 3.43. The lowest BCUT2D eigenvalue weighted by molar-refractivity contribution is 0.0690. The summed E-state index contributed by atoms with van der Waals surface area (Å²) in [6.45, 7) is 10.8. The van der Waals surface area contributed by atoms with Gasteiger partial charge in [0.1, 0.15) is 10.6 Å². The summed E-state index contributed by atoms with van der Waals surface area (Å²) in [7, 11) is -2.23. The second-order valence-electron chi connectivity index (χ2n) is 6.45. The summed E-state index contributed by atoms with van der Waals surface area (Å²) < 4.78 is 26.9. The Morgan fingerprint density at radius 2 is 1.76 bits per heavy atom. The number of carboxylic acid groups (broad SMARTS) is 1. The van der Waals surface area contributed by atoms with Gasteiger partial charge in [-0.25, -0.2) is 13.2 Å². The average molecular weight is 316 g/mol. The molecule has 0 saturated carbocycles. The number of H-pyrrole nitrogens is 1. The Morgan fingerprint density at radius 3 is 2.10 bits per heavy atom. The van der Waals surface area contributed by atoms with Gasteiger partial charge in [-0.05, 0) is 26.2 Å². The number of aromatic nitrogens is 1. The first kappa shape index (κ1) is 17.7. The number of hydrogen-bond donors (Lipinski definition) is 2. The van der Waals surface area contributed by atoms with Crippen LogP contribution < -0.4 is 0 Å². The number of nitrogens with one attached hydrogen (secondary N) is 1. The van der Waals surface area contributed by atoms with E-state index in [1.807, 2.05) is 27.7 Å². The molecule has 1 aromatic rings. The molecule has 0 aliphatic carbocycles. The molecule has 0 fully saturated rings. The van der Waals surface area contributed by atoms with Crippen LogP contribution in [0.1, 0.15) is 49.4 Å². The molecule has 1 aromatic heterocycles. The van der Waals surface area contributed by atoms with Crippen LogP contribution in [0.25, 0.3) is 0 Å². The van der Waals surface area contributed by atoms with Crippen LogP contribution in [0.2, 0.25) is 0 Å². The zero-order valence-electron chi connectivity index (χ0n) is 13.6. The number of carboxylic acids is 1. The lowest BCUT2D eigenvalue weighted by Gasteiger charge is -2.34. The fourth-order valence-corrected chi connectivity index (χ4v) is 4.18. The predicted molar refractivity (Wildman–Crippen MR) is 81.1 cm³/mol. The quantitative estimate of drug-likeness (QED) is 0.892. The van der Waals surface area contributed by atoms with E-state index in [1.165, 1.54) is 18.3 Å². The van der Waals surface area contributed by atoms with Crippen LogP contribution in [0.5, 0.6) is 0 Å². The van der Waals surface area contributed by atoms with Crippen LogP contribution in [0.15, 0.2) is 4.90 Å². The van der Waals surface area contributed by atoms with Crippen molar-refractivity contribution in [2.45, 2.75) is 52.5 Å². The Bertz CT molecular complexity index is 653. The van der Waals surface area contributed by atoms with Crippen LogP contribution in [-0.4, -0.2) is 41.9 Å². The normalized spacial score (nSPS) is 14.5. The van der Waals surface area contributed by atoms with Crippen LogP contribution >= 0.6 is 0 Å². The Kier molecular flexibility index (Phi) is 4.60. The number of aromatic carboxylic acids is 1. The average Bonchev–Trinajstić information content (AvgIpc) is 2.62. The van der Waals surface area contributed by atoms with Gasteiger partial charge in [-0.2, -0.15) is 4.31 Å².